The lowest BCUT2D eigenvalue weighted by Crippen LogP contribution is -2.18. The molecule has 2 atom stereocenters. The predicted octanol–water partition coefficient (Wildman–Crippen LogP) is 4.74. The van der Waals surface area contributed by atoms with Crippen molar-refractivity contribution in [2.24, 2.45) is 11.7 Å². The molecule has 0 aliphatic carbocycles. The molecule has 1 aromatic rings. The lowest BCUT2D eigenvalue weighted by molar-refractivity contribution is 0.0319. The van der Waals surface area contributed by atoms with Crippen LogP contribution in [0.2, 0.25) is 0 Å². The van der Waals surface area contributed by atoms with Crippen molar-refractivity contribution in [1.29, 1.82) is 0 Å². The first-order valence-corrected chi connectivity index (χ1v) is 8.44. The van der Waals surface area contributed by atoms with E-state index in [1.54, 1.807) is 11.3 Å². The Kier molecular flexibility index (Phi) is 8.15. The fourth-order valence-electron chi connectivity index (χ4n) is 1.91. The first kappa shape index (κ1) is 16.2. The third kappa shape index (κ3) is 5.39. The minimum absolute atomic E-state index is 0.0528. The molecule has 0 saturated carbocycles. The molecule has 2 nitrogen and oxygen atoms in total. The van der Waals surface area contributed by atoms with Gasteiger partial charge in [0, 0.05) is 21.3 Å². The van der Waals surface area contributed by atoms with E-state index in [1.165, 1.54) is 30.6 Å². The Balaban J connectivity index is 2.43. The van der Waals surface area contributed by atoms with Gasteiger partial charge in [-0.25, -0.2) is 0 Å². The standard InChI is InChI=1S/C14H24BrNOS/c1-3-5-6-11(4-2)9-17-13(8-16)14-7-12(15)10-18-14/h7,10-11,13H,3-6,8-9,16H2,1-2H3. The van der Waals surface area contributed by atoms with Gasteiger partial charge in [-0.1, -0.05) is 33.1 Å². The van der Waals surface area contributed by atoms with Crippen molar-refractivity contribution in [2.75, 3.05) is 13.2 Å². The topological polar surface area (TPSA) is 35.2 Å². The SMILES string of the molecule is CCCCC(CC)COC(CN)c1cc(Br)cs1. The van der Waals surface area contributed by atoms with Gasteiger partial charge in [0.05, 0.1) is 6.61 Å². The molecule has 1 heterocycles. The number of halogens is 1. The third-order valence-electron chi connectivity index (χ3n) is 3.20. The second-order valence-corrected chi connectivity index (χ2v) is 6.50. The van der Waals surface area contributed by atoms with Crippen molar-refractivity contribution in [3.63, 3.8) is 0 Å². The van der Waals surface area contributed by atoms with Crippen LogP contribution in [0.5, 0.6) is 0 Å². The normalized spacial score (nSPS) is 14.7. The van der Waals surface area contributed by atoms with Gasteiger partial charge in [0.1, 0.15) is 6.10 Å². The van der Waals surface area contributed by atoms with Crippen LogP contribution in [-0.2, 0) is 4.74 Å². The monoisotopic (exact) mass is 333 g/mol. The highest BCUT2D eigenvalue weighted by atomic mass is 79.9. The molecule has 0 bridgehead atoms. The van der Waals surface area contributed by atoms with Crippen LogP contribution in [0.25, 0.3) is 0 Å². The van der Waals surface area contributed by atoms with Crippen LogP contribution >= 0.6 is 27.3 Å². The minimum atomic E-state index is 0.0528. The number of hydrogen-bond donors (Lipinski definition) is 1. The van der Waals surface area contributed by atoms with E-state index in [1.807, 2.05) is 0 Å². The number of nitrogens with two attached hydrogens (primary N) is 1. The lowest BCUT2D eigenvalue weighted by atomic mass is 10.0. The van der Waals surface area contributed by atoms with E-state index in [0.29, 0.717) is 12.5 Å². The Hall–Kier alpha value is 0.1000. The van der Waals surface area contributed by atoms with Gasteiger partial charge in [-0.05, 0) is 34.3 Å². The van der Waals surface area contributed by atoms with E-state index in [0.717, 1.165) is 11.1 Å². The molecule has 2 unspecified atom stereocenters. The third-order valence-corrected chi connectivity index (χ3v) is 4.98. The quantitative estimate of drug-likeness (QED) is 0.708. The zero-order valence-electron chi connectivity index (χ0n) is 11.3. The van der Waals surface area contributed by atoms with Gasteiger partial charge in [0.15, 0.2) is 0 Å². The first-order valence-electron chi connectivity index (χ1n) is 6.76. The van der Waals surface area contributed by atoms with Gasteiger partial charge >= 0.3 is 0 Å². The Labute approximate surface area is 123 Å². The van der Waals surface area contributed by atoms with E-state index in [2.05, 4.69) is 41.2 Å². The van der Waals surface area contributed by atoms with Crippen LogP contribution in [0.1, 0.15) is 50.5 Å². The molecule has 0 aromatic carbocycles. The predicted molar refractivity (Wildman–Crippen MR) is 83.1 cm³/mol. The molecule has 1 rings (SSSR count). The van der Waals surface area contributed by atoms with Crippen LogP contribution < -0.4 is 5.73 Å². The fraction of sp³-hybridized carbons (Fsp3) is 0.714. The van der Waals surface area contributed by atoms with Crippen LogP contribution in [-0.4, -0.2) is 13.2 Å². The van der Waals surface area contributed by atoms with E-state index in [-0.39, 0.29) is 6.10 Å². The number of rotatable bonds is 9. The van der Waals surface area contributed by atoms with Crippen molar-refractivity contribution in [3.05, 3.63) is 20.8 Å². The van der Waals surface area contributed by atoms with Crippen molar-refractivity contribution >= 4 is 27.3 Å². The van der Waals surface area contributed by atoms with Crippen molar-refractivity contribution < 1.29 is 4.74 Å². The van der Waals surface area contributed by atoms with Crippen molar-refractivity contribution in [1.82, 2.24) is 0 Å². The summed E-state index contributed by atoms with van der Waals surface area (Å²) in [5.74, 6) is 0.669. The summed E-state index contributed by atoms with van der Waals surface area (Å²) in [6.07, 6.45) is 5.05. The summed E-state index contributed by atoms with van der Waals surface area (Å²) in [6.45, 7) is 5.85. The molecule has 18 heavy (non-hydrogen) atoms. The molecule has 0 fully saturated rings. The molecular formula is C14H24BrNOS. The van der Waals surface area contributed by atoms with Crippen LogP contribution in [0.15, 0.2) is 15.9 Å². The summed E-state index contributed by atoms with van der Waals surface area (Å²) in [4.78, 5) is 1.22. The van der Waals surface area contributed by atoms with Gasteiger partial charge < -0.3 is 10.5 Å². The highest BCUT2D eigenvalue weighted by Gasteiger charge is 2.15. The van der Waals surface area contributed by atoms with E-state index in [9.17, 15) is 0 Å². The second kappa shape index (κ2) is 9.08. The average molecular weight is 334 g/mol. The molecule has 0 aliphatic rings. The molecule has 104 valence electrons. The highest BCUT2D eigenvalue weighted by molar-refractivity contribution is 9.10. The Morgan fingerprint density at radius 1 is 1.44 bits per heavy atom. The maximum Gasteiger partial charge on any atom is 0.104 e. The lowest BCUT2D eigenvalue weighted by Gasteiger charge is -2.19. The largest absolute Gasteiger partial charge is 0.371 e. The maximum absolute atomic E-state index is 6.01. The smallest absolute Gasteiger partial charge is 0.104 e. The fourth-order valence-corrected chi connectivity index (χ4v) is 3.42. The molecule has 0 saturated heterocycles. The van der Waals surface area contributed by atoms with Gasteiger partial charge in [-0.3, -0.25) is 0 Å². The first-order chi connectivity index (χ1) is 8.71. The van der Waals surface area contributed by atoms with Gasteiger partial charge in [0.25, 0.3) is 0 Å². The number of unbranched alkanes of at least 4 members (excludes halogenated alkanes) is 1. The molecule has 0 amide bonds. The van der Waals surface area contributed by atoms with Crippen molar-refractivity contribution in [2.45, 2.75) is 45.6 Å². The Morgan fingerprint density at radius 3 is 2.72 bits per heavy atom. The van der Waals surface area contributed by atoms with Gasteiger partial charge in [-0.2, -0.15) is 0 Å². The summed E-state index contributed by atoms with van der Waals surface area (Å²) in [6, 6.07) is 2.11. The zero-order valence-corrected chi connectivity index (χ0v) is 13.7. The molecule has 0 radical (unpaired) electrons. The minimum Gasteiger partial charge on any atom is -0.371 e. The van der Waals surface area contributed by atoms with E-state index < -0.39 is 0 Å². The summed E-state index contributed by atoms with van der Waals surface area (Å²) >= 11 is 5.18. The Bertz CT molecular complexity index is 329. The Morgan fingerprint density at radius 2 is 2.22 bits per heavy atom. The number of thiophene rings is 1. The molecular weight excluding hydrogens is 310 g/mol. The summed E-state index contributed by atoms with van der Waals surface area (Å²) in [5, 5.41) is 2.08. The maximum atomic E-state index is 6.01. The van der Waals surface area contributed by atoms with E-state index >= 15 is 0 Å². The average Bonchev–Trinajstić information content (AvgIpc) is 2.80. The molecule has 0 aliphatic heterocycles. The highest BCUT2D eigenvalue weighted by Crippen LogP contribution is 2.28. The van der Waals surface area contributed by atoms with Crippen LogP contribution in [0, 0.1) is 5.92 Å². The zero-order chi connectivity index (χ0) is 13.4. The number of hydrogen-bond acceptors (Lipinski definition) is 3. The molecule has 1 aromatic heterocycles. The molecule has 0 spiro atoms. The summed E-state index contributed by atoms with van der Waals surface area (Å²) < 4.78 is 7.12. The van der Waals surface area contributed by atoms with Crippen LogP contribution in [0.3, 0.4) is 0 Å². The van der Waals surface area contributed by atoms with Crippen LogP contribution in [0.4, 0.5) is 0 Å². The van der Waals surface area contributed by atoms with E-state index in [4.69, 9.17) is 10.5 Å². The van der Waals surface area contributed by atoms with Gasteiger partial charge in [0.2, 0.25) is 0 Å². The second-order valence-electron chi connectivity index (χ2n) is 4.64. The molecule has 4 heteroatoms. The van der Waals surface area contributed by atoms with Crippen molar-refractivity contribution in [3.8, 4) is 0 Å². The number of ether oxygens (including phenoxy) is 1. The van der Waals surface area contributed by atoms with Gasteiger partial charge in [-0.15, -0.1) is 11.3 Å². The molecule has 2 N–H and O–H groups in total. The summed E-state index contributed by atoms with van der Waals surface area (Å²) in [5.41, 5.74) is 5.81. The summed E-state index contributed by atoms with van der Waals surface area (Å²) in [7, 11) is 0.